The van der Waals surface area contributed by atoms with E-state index >= 15 is 0 Å². The monoisotopic (exact) mass is 376 g/mol. The number of carbonyl (C=O) groups is 1. The van der Waals surface area contributed by atoms with Gasteiger partial charge in [-0.1, -0.05) is 24.3 Å². The molecule has 1 amide bonds. The smallest absolute Gasteiger partial charge is 0.325 e. The van der Waals surface area contributed by atoms with Crippen molar-refractivity contribution in [3.8, 4) is 0 Å². The zero-order chi connectivity index (χ0) is 18.9. The first kappa shape index (κ1) is 17.1. The third-order valence-electron chi connectivity index (χ3n) is 5.29. The molecule has 28 heavy (non-hydrogen) atoms. The van der Waals surface area contributed by atoms with Gasteiger partial charge in [-0.25, -0.2) is 0 Å². The molecule has 9 nitrogen and oxygen atoms in total. The van der Waals surface area contributed by atoms with Gasteiger partial charge >= 0.3 is 7.41 Å². The quantitative estimate of drug-likeness (QED) is 0.567. The topological polar surface area (TPSA) is 113 Å². The number of benzene rings is 1. The van der Waals surface area contributed by atoms with Gasteiger partial charge in [0.25, 0.3) is 0 Å². The molecule has 10 heteroatoms. The summed E-state index contributed by atoms with van der Waals surface area (Å²) in [6.45, 7) is 1.08. The van der Waals surface area contributed by atoms with E-state index in [-0.39, 0.29) is 12.3 Å². The highest BCUT2D eigenvalue weighted by atomic mass is 16.4. The fraction of sp³-hybridized carbons (Fsp3) is 0.389. The Hall–Kier alpha value is -3.01. The molecule has 0 atom stereocenters. The highest BCUT2D eigenvalue weighted by Crippen LogP contribution is 2.21. The van der Waals surface area contributed by atoms with Crippen molar-refractivity contribution in [1.29, 1.82) is 0 Å². The van der Waals surface area contributed by atoms with Crippen molar-refractivity contribution in [1.82, 2.24) is 35.7 Å². The van der Waals surface area contributed by atoms with Gasteiger partial charge in [-0.05, 0) is 24.0 Å². The number of H-pyrrole nitrogens is 1. The van der Waals surface area contributed by atoms with Crippen molar-refractivity contribution in [3.05, 3.63) is 52.7 Å². The van der Waals surface area contributed by atoms with E-state index in [1.54, 1.807) is 12.3 Å². The van der Waals surface area contributed by atoms with E-state index in [1.165, 1.54) is 11.1 Å². The summed E-state index contributed by atoms with van der Waals surface area (Å²) in [4.78, 5) is 14.3. The maximum Gasteiger partial charge on any atom is 0.325 e. The molecule has 0 unspecified atom stereocenters. The van der Waals surface area contributed by atoms with Crippen LogP contribution in [0.2, 0.25) is 0 Å². The van der Waals surface area contributed by atoms with E-state index < -0.39 is 0 Å². The van der Waals surface area contributed by atoms with Crippen LogP contribution in [0.25, 0.3) is 0 Å². The zero-order valence-corrected chi connectivity index (χ0v) is 15.3. The first-order chi connectivity index (χ1) is 13.7. The molecule has 5 rings (SSSR count). The number of aromatic nitrogens is 5. The van der Waals surface area contributed by atoms with Gasteiger partial charge in [0.05, 0.1) is 12.2 Å². The Morgan fingerprint density at radius 1 is 1.21 bits per heavy atom. The van der Waals surface area contributed by atoms with Gasteiger partial charge in [0.1, 0.15) is 12.1 Å². The maximum absolute atomic E-state index is 12.5. The van der Waals surface area contributed by atoms with Crippen LogP contribution in [0.1, 0.15) is 28.4 Å². The van der Waals surface area contributed by atoms with Gasteiger partial charge in [-0.15, -0.1) is 10.2 Å². The lowest BCUT2D eigenvalue weighted by molar-refractivity contribution is -0.131. The van der Waals surface area contributed by atoms with Crippen molar-refractivity contribution < 1.29 is 9.21 Å². The molecule has 2 N–H and O–H groups in total. The molecule has 0 saturated carbocycles. The second kappa shape index (κ2) is 7.19. The molecule has 141 valence electrons. The SMILES string of the molecule is O=C(Cc1nnc([B]NC2Cc3ccccc3C2)o1)N1CCc2n[nH]nc2C1. The zero-order valence-electron chi connectivity index (χ0n) is 15.3. The highest BCUT2D eigenvalue weighted by molar-refractivity contribution is 6.47. The lowest BCUT2D eigenvalue weighted by atomic mass is 9.92. The van der Waals surface area contributed by atoms with Crippen molar-refractivity contribution in [2.45, 2.75) is 38.3 Å². The van der Waals surface area contributed by atoms with Crippen LogP contribution in [0.5, 0.6) is 0 Å². The molecular weight excluding hydrogens is 357 g/mol. The van der Waals surface area contributed by atoms with E-state index in [2.05, 4.69) is 55.1 Å². The number of aromatic amines is 1. The second-order valence-corrected chi connectivity index (χ2v) is 7.18. The summed E-state index contributed by atoms with van der Waals surface area (Å²) < 4.78 is 5.61. The lowest BCUT2D eigenvalue weighted by Gasteiger charge is -2.24. The molecule has 2 aromatic heterocycles. The maximum atomic E-state index is 12.5. The van der Waals surface area contributed by atoms with Crippen molar-refractivity contribution in [2.75, 3.05) is 6.54 Å². The summed E-state index contributed by atoms with van der Waals surface area (Å²) in [5.41, 5.74) is 4.50. The number of fused-ring (bicyclic) bond motifs is 2. The van der Waals surface area contributed by atoms with Gasteiger partial charge < -0.3 is 14.5 Å². The van der Waals surface area contributed by atoms with Crippen molar-refractivity contribution >= 4 is 19.1 Å². The molecule has 1 aromatic carbocycles. The number of nitrogens with zero attached hydrogens (tertiary/aromatic N) is 5. The van der Waals surface area contributed by atoms with Gasteiger partial charge in [0.2, 0.25) is 11.8 Å². The number of amides is 1. The minimum absolute atomic E-state index is 0.0527. The Kier molecular flexibility index (Phi) is 4.40. The number of carbonyl (C=O) groups excluding carboxylic acids is 1. The average molecular weight is 376 g/mol. The van der Waals surface area contributed by atoms with Crippen molar-refractivity contribution in [3.63, 3.8) is 0 Å². The van der Waals surface area contributed by atoms with E-state index in [4.69, 9.17) is 4.42 Å². The summed E-state index contributed by atoms with van der Waals surface area (Å²) >= 11 is 0. The molecule has 0 fully saturated rings. The third kappa shape index (κ3) is 3.42. The third-order valence-corrected chi connectivity index (χ3v) is 5.29. The molecular formula is C18H19BN7O2. The fourth-order valence-corrected chi connectivity index (χ4v) is 3.82. The summed E-state index contributed by atoms with van der Waals surface area (Å²) in [6.07, 6.45) is 2.74. The largest absolute Gasteiger partial charge is 0.434 e. The standard InChI is InChI=1S/C18H19BN7O2/c27-17(26-6-5-14-15(10-26)22-25-21-14)9-16-23-24-18(28-16)19-20-13-7-11-3-1-2-4-12(11)8-13/h1-4,13,20H,5-10H2,(H,21,22,25). The minimum Gasteiger partial charge on any atom is -0.434 e. The molecule has 1 aliphatic carbocycles. The van der Waals surface area contributed by atoms with Crippen LogP contribution < -0.4 is 11.0 Å². The van der Waals surface area contributed by atoms with Crippen LogP contribution in [0, 0.1) is 0 Å². The van der Waals surface area contributed by atoms with Crippen LogP contribution in [0.15, 0.2) is 28.7 Å². The molecule has 0 spiro atoms. The Morgan fingerprint density at radius 2 is 2.00 bits per heavy atom. The van der Waals surface area contributed by atoms with E-state index in [0.717, 1.165) is 24.2 Å². The molecule has 0 bridgehead atoms. The second-order valence-electron chi connectivity index (χ2n) is 7.18. The molecule has 0 saturated heterocycles. The number of rotatable bonds is 5. The summed E-state index contributed by atoms with van der Waals surface area (Å²) in [5, 5.41) is 22.1. The minimum atomic E-state index is -0.0527. The first-order valence-corrected chi connectivity index (χ1v) is 9.39. The Labute approximate surface area is 162 Å². The van der Waals surface area contributed by atoms with Gasteiger partial charge in [-0.2, -0.15) is 15.4 Å². The van der Waals surface area contributed by atoms with Crippen LogP contribution >= 0.6 is 0 Å². The first-order valence-electron chi connectivity index (χ1n) is 9.39. The fourth-order valence-electron chi connectivity index (χ4n) is 3.82. The van der Waals surface area contributed by atoms with Crippen LogP contribution in [-0.4, -0.2) is 56.4 Å². The van der Waals surface area contributed by atoms with E-state index in [0.29, 0.717) is 37.2 Å². The Bertz CT molecular complexity index is 976. The Balaban J connectivity index is 1.13. The summed E-state index contributed by atoms with van der Waals surface area (Å²) in [7, 11) is 1.74. The summed E-state index contributed by atoms with van der Waals surface area (Å²) in [5.74, 6) is 0.651. The molecule has 3 heterocycles. The van der Waals surface area contributed by atoms with Crippen LogP contribution in [0.3, 0.4) is 0 Å². The Morgan fingerprint density at radius 3 is 2.82 bits per heavy atom. The number of hydrogen-bond acceptors (Lipinski definition) is 7. The van der Waals surface area contributed by atoms with Gasteiger partial charge in [-0.3, -0.25) is 4.79 Å². The average Bonchev–Trinajstić information content (AvgIpc) is 3.44. The number of hydrogen-bond donors (Lipinski definition) is 2. The molecule has 2 aliphatic rings. The predicted molar refractivity (Wildman–Crippen MR) is 99.7 cm³/mol. The predicted octanol–water partition coefficient (Wildman–Crippen LogP) is -0.683. The normalized spacial score (nSPS) is 16.1. The number of nitrogens with one attached hydrogen (secondary N) is 2. The van der Waals surface area contributed by atoms with Gasteiger partial charge in [0.15, 0.2) is 5.79 Å². The van der Waals surface area contributed by atoms with E-state index in [1.807, 2.05) is 0 Å². The highest BCUT2D eigenvalue weighted by Gasteiger charge is 2.25. The van der Waals surface area contributed by atoms with Crippen LogP contribution in [-0.2, 0) is 37.0 Å². The molecule has 1 radical (unpaired) electrons. The van der Waals surface area contributed by atoms with Crippen molar-refractivity contribution in [2.24, 2.45) is 0 Å². The lowest BCUT2D eigenvalue weighted by Crippen LogP contribution is -2.39. The van der Waals surface area contributed by atoms with E-state index in [9.17, 15) is 4.79 Å². The summed E-state index contributed by atoms with van der Waals surface area (Å²) in [6, 6.07) is 8.78. The van der Waals surface area contributed by atoms with Crippen LogP contribution in [0.4, 0.5) is 0 Å². The molecule has 1 aliphatic heterocycles. The molecule has 3 aromatic rings. The van der Waals surface area contributed by atoms with Gasteiger partial charge in [0, 0.05) is 19.0 Å².